The first-order valence-corrected chi connectivity index (χ1v) is 6.61. The van der Waals surface area contributed by atoms with Gasteiger partial charge in [-0.1, -0.05) is 24.9 Å². The van der Waals surface area contributed by atoms with Crippen LogP contribution in [0.25, 0.3) is 0 Å². The van der Waals surface area contributed by atoms with Crippen LogP contribution in [0.15, 0.2) is 0 Å². The molecule has 0 aliphatic heterocycles. The number of halogens is 1. The second kappa shape index (κ2) is 5.21. The van der Waals surface area contributed by atoms with E-state index in [0.717, 1.165) is 29.9 Å². The van der Waals surface area contributed by atoms with Crippen molar-refractivity contribution in [2.45, 2.75) is 52.6 Å². The molecule has 1 aliphatic carbocycles. The standard InChI is InChI=1S/C13H19ClN2O/c1-8-5-4-6-11(7-8)17-13-10(3)9(2)12(14)15-16-13/h8,11H,4-7H2,1-3H3. The van der Waals surface area contributed by atoms with Crippen molar-refractivity contribution < 1.29 is 4.74 Å². The molecule has 1 heterocycles. The lowest BCUT2D eigenvalue weighted by Gasteiger charge is -2.27. The Hall–Kier alpha value is -0.830. The first-order valence-electron chi connectivity index (χ1n) is 6.24. The SMILES string of the molecule is Cc1c(Cl)nnc(OC2CCCC(C)C2)c1C. The lowest BCUT2D eigenvalue weighted by molar-refractivity contribution is 0.121. The van der Waals surface area contributed by atoms with Crippen LogP contribution in [0.3, 0.4) is 0 Å². The van der Waals surface area contributed by atoms with E-state index < -0.39 is 0 Å². The van der Waals surface area contributed by atoms with Gasteiger partial charge in [0.05, 0.1) is 0 Å². The Morgan fingerprint density at radius 1 is 1.18 bits per heavy atom. The minimum Gasteiger partial charge on any atom is -0.473 e. The van der Waals surface area contributed by atoms with Gasteiger partial charge in [-0.3, -0.25) is 0 Å². The number of rotatable bonds is 2. The summed E-state index contributed by atoms with van der Waals surface area (Å²) >= 11 is 5.92. The third kappa shape index (κ3) is 2.89. The second-order valence-corrected chi connectivity index (χ2v) is 5.42. The van der Waals surface area contributed by atoms with E-state index in [0.29, 0.717) is 11.0 Å². The lowest BCUT2D eigenvalue weighted by Crippen LogP contribution is -2.25. The van der Waals surface area contributed by atoms with Gasteiger partial charge in [-0.15, -0.1) is 10.2 Å². The van der Waals surface area contributed by atoms with Gasteiger partial charge < -0.3 is 4.74 Å². The normalized spacial score (nSPS) is 24.7. The summed E-state index contributed by atoms with van der Waals surface area (Å²) in [5.74, 6) is 1.39. The molecule has 0 amide bonds. The fourth-order valence-electron chi connectivity index (χ4n) is 2.31. The molecule has 2 atom stereocenters. The van der Waals surface area contributed by atoms with E-state index in [1.165, 1.54) is 12.8 Å². The van der Waals surface area contributed by atoms with Crippen molar-refractivity contribution >= 4 is 11.6 Å². The summed E-state index contributed by atoms with van der Waals surface area (Å²) in [6.45, 7) is 6.21. The van der Waals surface area contributed by atoms with E-state index in [1.54, 1.807) is 0 Å². The highest BCUT2D eigenvalue weighted by Crippen LogP contribution is 2.29. The number of aromatic nitrogens is 2. The van der Waals surface area contributed by atoms with Crippen molar-refractivity contribution in [1.82, 2.24) is 10.2 Å². The Morgan fingerprint density at radius 3 is 2.65 bits per heavy atom. The average Bonchev–Trinajstić information content (AvgIpc) is 2.30. The van der Waals surface area contributed by atoms with Crippen LogP contribution < -0.4 is 4.74 Å². The van der Waals surface area contributed by atoms with Crippen molar-refractivity contribution in [1.29, 1.82) is 0 Å². The van der Waals surface area contributed by atoms with Crippen LogP contribution in [0, 0.1) is 19.8 Å². The van der Waals surface area contributed by atoms with Gasteiger partial charge in [0, 0.05) is 5.56 Å². The Bertz CT molecular complexity index is 409. The van der Waals surface area contributed by atoms with Crippen LogP contribution in [0.1, 0.15) is 43.7 Å². The highest BCUT2D eigenvalue weighted by Gasteiger charge is 2.22. The molecule has 0 N–H and O–H groups in total. The molecule has 1 saturated carbocycles. The molecule has 0 bridgehead atoms. The Morgan fingerprint density at radius 2 is 1.94 bits per heavy atom. The summed E-state index contributed by atoms with van der Waals surface area (Å²) in [7, 11) is 0. The molecule has 4 heteroatoms. The molecule has 3 nitrogen and oxygen atoms in total. The van der Waals surface area contributed by atoms with Crippen LogP contribution in [-0.2, 0) is 0 Å². The molecule has 1 fully saturated rings. The third-order valence-corrected chi connectivity index (χ3v) is 3.95. The molecule has 2 unspecified atom stereocenters. The maximum Gasteiger partial charge on any atom is 0.237 e. The summed E-state index contributed by atoms with van der Waals surface area (Å²) in [6.07, 6.45) is 5.07. The van der Waals surface area contributed by atoms with Gasteiger partial charge in [-0.05, 0) is 44.6 Å². The predicted octanol–water partition coefficient (Wildman–Crippen LogP) is 3.70. The van der Waals surface area contributed by atoms with Gasteiger partial charge in [0.2, 0.25) is 5.88 Å². The minimum atomic E-state index is 0.285. The first kappa shape index (κ1) is 12.6. The number of hydrogen-bond donors (Lipinski definition) is 0. The minimum absolute atomic E-state index is 0.285. The third-order valence-electron chi connectivity index (χ3n) is 3.59. The van der Waals surface area contributed by atoms with Crippen LogP contribution in [0.5, 0.6) is 5.88 Å². The van der Waals surface area contributed by atoms with E-state index in [2.05, 4.69) is 17.1 Å². The van der Waals surface area contributed by atoms with Crippen LogP contribution in [-0.4, -0.2) is 16.3 Å². The summed E-state index contributed by atoms with van der Waals surface area (Å²) in [4.78, 5) is 0. The fraction of sp³-hybridized carbons (Fsp3) is 0.692. The Labute approximate surface area is 108 Å². The molecular formula is C13H19ClN2O. The molecule has 0 spiro atoms. The van der Waals surface area contributed by atoms with Gasteiger partial charge >= 0.3 is 0 Å². The van der Waals surface area contributed by atoms with Gasteiger partial charge in [-0.25, -0.2) is 0 Å². The lowest BCUT2D eigenvalue weighted by atomic mass is 9.89. The van der Waals surface area contributed by atoms with Crippen molar-refractivity contribution in [2.24, 2.45) is 5.92 Å². The quantitative estimate of drug-likeness (QED) is 0.807. The molecule has 1 aliphatic rings. The van der Waals surface area contributed by atoms with Crippen molar-refractivity contribution in [3.63, 3.8) is 0 Å². The van der Waals surface area contributed by atoms with E-state index >= 15 is 0 Å². The number of nitrogens with zero attached hydrogens (tertiary/aromatic N) is 2. The smallest absolute Gasteiger partial charge is 0.237 e. The molecule has 0 saturated heterocycles. The van der Waals surface area contributed by atoms with Gasteiger partial charge in [-0.2, -0.15) is 0 Å². The molecule has 17 heavy (non-hydrogen) atoms. The summed E-state index contributed by atoms with van der Waals surface area (Å²) in [5, 5.41) is 8.43. The van der Waals surface area contributed by atoms with E-state index in [1.807, 2.05) is 13.8 Å². The highest BCUT2D eigenvalue weighted by atomic mass is 35.5. The maximum absolute atomic E-state index is 5.96. The van der Waals surface area contributed by atoms with E-state index in [-0.39, 0.29) is 6.10 Å². The van der Waals surface area contributed by atoms with Gasteiger partial charge in [0.1, 0.15) is 6.10 Å². The number of hydrogen-bond acceptors (Lipinski definition) is 3. The summed E-state index contributed by atoms with van der Waals surface area (Å²) < 4.78 is 5.96. The summed E-state index contributed by atoms with van der Waals surface area (Å²) in [5.41, 5.74) is 1.96. The van der Waals surface area contributed by atoms with Gasteiger partial charge in [0.25, 0.3) is 0 Å². The van der Waals surface area contributed by atoms with E-state index in [4.69, 9.17) is 16.3 Å². The zero-order valence-electron chi connectivity index (χ0n) is 10.7. The summed E-state index contributed by atoms with van der Waals surface area (Å²) in [6, 6.07) is 0. The molecule has 0 radical (unpaired) electrons. The van der Waals surface area contributed by atoms with Crippen molar-refractivity contribution in [3.8, 4) is 5.88 Å². The van der Waals surface area contributed by atoms with Crippen molar-refractivity contribution in [2.75, 3.05) is 0 Å². The van der Waals surface area contributed by atoms with Crippen molar-refractivity contribution in [3.05, 3.63) is 16.3 Å². The second-order valence-electron chi connectivity index (χ2n) is 5.06. The predicted molar refractivity (Wildman–Crippen MR) is 68.6 cm³/mol. The Balaban J connectivity index is 2.10. The largest absolute Gasteiger partial charge is 0.473 e. The maximum atomic E-state index is 5.96. The highest BCUT2D eigenvalue weighted by molar-refractivity contribution is 6.30. The molecule has 2 rings (SSSR count). The molecular weight excluding hydrogens is 236 g/mol. The zero-order valence-corrected chi connectivity index (χ0v) is 11.4. The van der Waals surface area contributed by atoms with Crippen LogP contribution in [0.2, 0.25) is 5.15 Å². The average molecular weight is 255 g/mol. The number of ether oxygens (including phenoxy) is 1. The fourth-order valence-corrected chi connectivity index (χ4v) is 2.49. The molecule has 94 valence electrons. The van der Waals surface area contributed by atoms with Gasteiger partial charge in [0.15, 0.2) is 5.15 Å². The molecule has 1 aromatic heterocycles. The van der Waals surface area contributed by atoms with E-state index in [9.17, 15) is 0 Å². The monoisotopic (exact) mass is 254 g/mol. The zero-order chi connectivity index (χ0) is 12.4. The topological polar surface area (TPSA) is 35.0 Å². The Kier molecular flexibility index (Phi) is 3.87. The molecule has 0 aromatic carbocycles. The molecule has 1 aromatic rings. The van der Waals surface area contributed by atoms with Crippen LogP contribution in [0.4, 0.5) is 0 Å². The van der Waals surface area contributed by atoms with Crippen LogP contribution >= 0.6 is 11.6 Å². The first-order chi connectivity index (χ1) is 8.08.